The fourth-order valence-corrected chi connectivity index (χ4v) is 4.20. The quantitative estimate of drug-likeness (QED) is 0.902. The van der Waals surface area contributed by atoms with E-state index < -0.39 is 0 Å². The molecule has 1 saturated heterocycles. The van der Waals surface area contributed by atoms with Gasteiger partial charge in [0.1, 0.15) is 0 Å². The van der Waals surface area contributed by atoms with Gasteiger partial charge in [-0.1, -0.05) is 0 Å². The molecule has 2 heterocycles. The third kappa shape index (κ3) is 2.79. The van der Waals surface area contributed by atoms with Crippen LogP contribution in [0.2, 0.25) is 0 Å². The van der Waals surface area contributed by atoms with Gasteiger partial charge in [0, 0.05) is 28.9 Å². The Balaban J connectivity index is 1.57. The van der Waals surface area contributed by atoms with Crippen LogP contribution in [0.1, 0.15) is 47.5 Å². The van der Waals surface area contributed by atoms with Crippen molar-refractivity contribution < 1.29 is 4.74 Å². The van der Waals surface area contributed by atoms with Gasteiger partial charge in [-0.15, -0.1) is 11.3 Å². The monoisotopic (exact) mass is 265 g/mol. The van der Waals surface area contributed by atoms with Crippen LogP contribution in [0.15, 0.2) is 6.07 Å². The molecule has 1 aromatic heterocycles. The van der Waals surface area contributed by atoms with Crippen LogP contribution >= 0.6 is 11.3 Å². The molecule has 0 aromatic carbocycles. The Morgan fingerprint density at radius 1 is 1.44 bits per heavy atom. The maximum Gasteiger partial charge on any atom is 0.0507 e. The van der Waals surface area contributed by atoms with E-state index in [9.17, 15) is 0 Å². The Hall–Kier alpha value is -0.380. The minimum Gasteiger partial charge on any atom is -0.381 e. The van der Waals surface area contributed by atoms with Crippen molar-refractivity contribution in [1.29, 1.82) is 0 Å². The van der Waals surface area contributed by atoms with Gasteiger partial charge in [0.15, 0.2) is 0 Å². The van der Waals surface area contributed by atoms with Gasteiger partial charge in [0.25, 0.3) is 0 Å². The van der Waals surface area contributed by atoms with Crippen molar-refractivity contribution in [3.05, 3.63) is 21.4 Å². The van der Waals surface area contributed by atoms with E-state index in [-0.39, 0.29) is 0 Å². The van der Waals surface area contributed by atoms with Gasteiger partial charge in [0.05, 0.1) is 6.61 Å². The fraction of sp³-hybridized carbons (Fsp3) is 0.733. The number of hydrogen-bond donors (Lipinski definition) is 1. The summed E-state index contributed by atoms with van der Waals surface area (Å²) in [6.45, 7) is 5.30. The third-order valence-corrected chi connectivity index (χ3v) is 5.60. The van der Waals surface area contributed by atoms with E-state index in [1.165, 1.54) is 37.0 Å². The van der Waals surface area contributed by atoms with Crippen LogP contribution in [0.25, 0.3) is 0 Å². The molecular formula is C15H23NOS. The van der Waals surface area contributed by atoms with Crippen LogP contribution in [0.3, 0.4) is 0 Å². The minimum absolute atomic E-state index is 0.501. The molecule has 0 saturated carbocycles. The second-order valence-corrected chi connectivity index (χ2v) is 6.83. The molecule has 0 spiro atoms. The molecule has 2 aliphatic rings. The number of aryl methyl sites for hydroxylation is 2. The highest BCUT2D eigenvalue weighted by molar-refractivity contribution is 7.12. The van der Waals surface area contributed by atoms with E-state index in [1.54, 1.807) is 10.4 Å². The van der Waals surface area contributed by atoms with Gasteiger partial charge in [0.2, 0.25) is 0 Å². The van der Waals surface area contributed by atoms with Crippen LogP contribution in [0.4, 0.5) is 0 Å². The first kappa shape index (κ1) is 12.6. The Morgan fingerprint density at radius 2 is 2.33 bits per heavy atom. The molecule has 1 aromatic rings. The lowest BCUT2D eigenvalue weighted by Crippen LogP contribution is -2.25. The maximum absolute atomic E-state index is 5.42. The molecule has 3 heteroatoms. The lowest BCUT2D eigenvalue weighted by atomic mass is 9.99. The lowest BCUT2D eigenvalue weighted by Gasteiger charge is -2.15. The average molecular weight is 265 g/mol. The Bertz CT molecular complexity index is 372. The normalized spacial score (nSPS) is 25.1. The van der Waals surface area contributed by atoms with Crippen molar-refractivity contribution >= 4 is 11.3 Å². The summed E-state index contributed by atoms with van der Waals surface area (Å²) in [5.74, 6) is 0.724. The zero-order valence-corrected chi connectivity index (χ0v) is 12.0. The third-order valence-electron chi connectivity index (χ3n) is 4.18. The van der Waals surface area contributed by atoms with E-state index in [1.807, 2.05) is 11.3 Å². The molecule has 1 aliphatic heterocycles. The summed E-state index contributed by atoms with van der Waals surface area (Å²) in [6.07, 6.45) is 6.59. The summed E-state index contributed by atoms with van der Waals surface area (Å²) in [6, 6.07) is 2.95. The van der Waals surface area contributed by atoms with Crippen LogP contribution in [-0.2, 0) is 17.6 Å². The second kappa shape index (κ2) is 5.72. The van der Waals surface area contributed by atoms with E-state index in [0.29, 0.717) is 6.04 Å². The molecule has 1 fully saturated rings. The lowest BCUT2D eigenvalue weighted by molar-refractivity contribution is 0.184. The van der Waals surface area contributed by atoms with Gasteiger partial charge in [-0.25, -0.2) is 0 Å². The molecule has 100 valence electrons. The number of nitrogens with one attached hydrogen (secondary N) is 1. The van der Waals surface area contributed by atoms with E-state index >= 15 is 0 Å². The number of ether oxygens (including phenoxy) is 1. The molecule has 3 rings (SSSR count). The summed E-state index contributed by atoms with van der Waals surface area (Å²) < 4.78 is 5.42. The molecule has 1 aliphatic carbocycles. The molecule has 1 N–H and O–H groups in total. The Kier molecular flexibility index (Phi) is 4.02. The summed E-state index contributed by atoms with van der Waals surface area (Å²) in [7, 11) is 0. The van der Waals surface area contributed by atoms with Crippen molar-refractivity contribution in [3.63, 3.8) is 0 Å². The summed E-state index contributed by atoms with van der Waals surface area (Å²) in [5.41, 5.74) is 1.62. The summed E-state index contributed by atoms with van der Waals surface area (Å²) >= 11 is 2.03. The molecule has 0 bridgehead atoms. The first-order chi connectivity index (χ1) is 8.83. The zero-order valence-electron chi connectivity index (χ0n) is 11.2. The van der Waals surface area contributed by atoms with Gasteiger partial charge >= 0.3 is 0 Å². The maximum atomic E-state index is 5.42. The van der Waals surface area contributed by atoms with E-state index in [2.05, 4.69) is 18.3 Å². The second-order valence-electron chi connectivity index (χ2n) is 5.66. The molecule has 2 nitrogen and oxygen atoms in total. The van der Waals surface area contributed by atoms with Gasteiger partial charge < -0.3 is 10.1 Å². The first-order valence-corrected chi connectivity index (χ1v) is 8.07. The fourth-order valence-electron chi connectivity index (χ4n) is 2.92. The van der Waals surface area contributed by atoms with Crippen LogP contribution in [-0.4, -0.2) is 19.8 Å². The molecule has 18 heavy (non-hydrogen) atoms. The number of thiophene rings is 1. The van der Waals surface area contributed by atoms with Crippen molar-refractivity contribution in [2.45, 2.75) is 45.1 Å². The van der Waals surface area contributed by atoms with Gasteiger partial charge in [-0.05, 0) is 56.6 Å². The van der Waals surface area contributed by atoms with Crippen molar-refractivity contribution in [2.75, 3.05) is 19.8 Å². The van der Waals surface area contributed by atoms with Crippen LogP contribution < -0.4 is 5.32 Å². The molecule has 0 radical (unpaired) electrons. The standard InChI is InChI=1S/C15H23NOS/c1-11(16-9-12-6-7-17-10-12)15-8-13-4-2-3-5-14(13)18-15/h8,11-12,16H,2-7,9-10H2,1H3. The minimum atomic E-state index is 0.501. The topological polar surface area (TPSA) is 21.3 Å². The molecule has 2 atom stereocenters. The zero-order chi connectivity index (χ0) is 12.4. The van der Waals surface area contributed by atoms with E-state index in [4.69, 9.17) is 4.74 Å². The smallest absolute Gasteiger partial charge is 0.0507 e. The molecule has 0 amide bonds. The highest BCUT2D eigenvalue weighted by Gasteiger charge is 2.19. The largest absolute Gasteiger partial charge is 0.381 e. The van der Waals surface area contributed by atoms with Crippen molar-refractivity contribution in [3.8, 4) is 0 Å². The number of rotatable bonds is 4. The highest BCUT2D eigenvalue weighted by atomic mass is 32.1. The summed E-state index contributed by atoms with van der Waals surface area (Å²) in [4.78, 5) is 3.18. The average Bonchev–Trinajstić information content (AvgIpc) is 3.04. The predicted octanol–water partition coefficient (Wildman–Crippen LogP) is 3.31. The van der Waals surface area contributed by atoms with Crippen LogP contribution in [0.5, 0.6) is 0 Å². The Morgan fingerprint density at radius 3 is 3.11 bits per heavy atom. The molecule has 2 unspecified atom stereocenters. The first-order valence-electron chi connectivity index (χ1n) is 7.25. The predicted molar refractivity (Wildman–Crippen MR) is 76.3 cm³/mol. The number of hydrogen-bond acceptors (Lipinski definition) is 3. The van der Waals surface area contributed by atoms with E-state index in [0.717, 1.165) is 25.7 Å². The van der Waals surface area contributed by atoms with Gasteiger partial charge in [-0.2, -0.15) is 0 Å². The van der Waals surface area contributed by atoms with Crippen molar-refractivity contribution in [2.24, 2.45) is 5.92 Å². The Labute approximate surface area is 114 Å². The summed E-state index contributed by atoms with van der Waals surface area (Å²) in [5, 5.41) is 3.68. The van der Waals surface area contributed by atoms with Crippen molar-refractivity contribution in [1.82, 2.24) is 5.32 Å². The number of fused-ring (bicyclic) bond motifs is 1. The molecular weight excluding hydrogens is 242 g/mol. The highest BCUT2D eigenvalue weighted by Crippen LogP contribution is 2.32. The van der Waals surface area contributed by atoms with Crippen LogP contribution in [0, 0.1) is 5.92 Å². The van der Waals surface area contributed by atoms with Gasteiger partial charge in [-0.3, -0.25) is 0 Å². The SMILES string of the molecule is CC(NCC1CCOC1)c1cc2c(s1)CCCC2.